The lowest BCUT2D eigenvalue weighted by Gasteiger charge is -2.11. The number of nitrogens with one attached hydrogen (secondary N) is 1. The fourth-order valence-corrected chi connectivity index (χ4v) is 3.04. The number of hydrogen-bond acceptors (Lipinski definition) is 5. The first-order chi connectivity index (χ1) is 14.1. The number of fused-ring (bicyclic) bond motifs is 1. The molecule has 7 nitrogen and oxygen atoms in total. The van der Waals surface area contributed by atoms with Crippen molar-refractivity contribution in [3.63, 3.8) is 0 Å². The lowest BCUT2D eigenvalue weighted by molar-refractivity contribution is 0.0528. The molecule has 0 unspecified atom stereocenters. The normalized spacial score (nSPS) is 10.8. The van der Waals surface area contributed by atoms with E-state index in [9.17, 15) is 9.59 Å². The van der Waals surface area contributed by atoms with Crippen LogP contribution in [0.25, 0.3) is 16.9 Å². The number of rotatable bonds is 5. The highest BCUT2D eigenvalue weighted by Crippen LogP contribution is 2.29. The van der Waals surface area contributed by atoms with E-state index in [2.05, 4.69) is 10.1 Å². The number of esters is 1. The van der Waals surface area contributed by atoms with Crippen LogP contribution in [0.15, 0.2) is 65.6 Å². The summed E-state index contributed by atoms with van der Waals surface area (Å²) in [6.45, 7) is 3.89. The number of nitrogens with zero attached hydrogens (tertiary/aromatic N) is 2. The van der Waals surface area contributed by atoms with Crippen LogP contribution in [-0.4, -0.2) is 27.2 Å². The van der Waals surface area contributed by atoms with Gasteiger partial charge in [0.1, 0.15) is 17.1 Å². The average molecular weight is 389 g/mol. The van der Waals surface area contributed by atoms with E-state index in [-0.39, 0.29) is 17.7 Å². The van der Waals surface area contributed by atoms with Crippen LogP contribution in [0.3, 0.4) is 0 Å². The van der Waals surface area contributed by atoms with Crippen molar-refractivity contribution < 1.29 is 14.3 Å². The van der Waals surface area contributed by atoms with Crippen molar-refractivity contribution in [2.24, 2.45) is 0 Å². The Balaban J connectivity index is 1.72. The fraction of sp³-hybridized carbons (Fsp3) is 0.136. The summed E-state index contributed by atoms with van der Waals surface area (Å²) in [6.07, 6.45) is 1.33. The van der Waals surface area contributed by atoms with Crippen molar-refractivity contribution in [2.75, 3.05) is 6.61 Å². The summed E-state index contributed by atoms with van der Waals surface area (Å²) < 4.78 is 12.1. The molecular formula is C22H19N3O4. The Morgan fingerprint density at radius 2 is 1.93 bits per heavy atom. The van der Waals surface area contributed by atoms with E-state index in [1.807, 2.05) is 55.5 Å². The molecule has 0 bridgehead atoms. The van der Waals surface area contributed by atoms with E-state index in [1.54, 1.807) is 6.92 Å². The number of carbonyl (C=O) groups excluding carboxylic acids is 1. The number of ether oxygens (including phenoxy) is 2. The zero-order valence-electron chi connectivity index (χ0n) is 16.0. The number of para-hydroxylation sites is 1. The van der Waals surface area contributed by atoms with Crippen LogP contribution in [0.1, 0.15) is 22.8 Å². The largest absolute Gasteiger partial charge is 0.462 e. The smallest absolute Gasteiger partial charge is 0.343 e. The molecule has 0 amide bonds. The number of H-pyrrole nitrogens is 1. The number of aromatic amines is 1. The molecule has 146 valence electrons. The van der Waals surface area contributed by atoms with Gasteiger partial charge in [-0.15, -0.1) is 0 Å². The third-order valence-electron chi connectivity index (χ3n) is 4.45. The van der Waals surface area contributed by atoms with Gasteiger partial charge in [0.25, 0.3) is 5.56 Å². The first kappa shape index (κ1) is 18.5. The minimum absolute atomic E-state index is 0.214. The zero-order valence-corrected chi connectivity index (χ0v) is 16.0. The molecule has 4 rings (SSSR count). The predicted molar refractivity (Wildman–Crippen MR) is 108 cm³/mol. The SMILES string of the molecule is CCOC(=O)c1cnn2c(=O)cc(-c3ccc(Oc4ccccc4)c(C)c3)[nH]c12. The van der Waals surface area contributed by atoms with Gasteiger partial charge in [-0.25, -0.2) is 4.79 Å². The minimum atomic E-state index is -0.530. The van der Waals surface area contributed by atoms with Crippen LogP contribution in [0.4, 0.5) is 0 Å². The van der Waals surface area contributed by atoms with E-state index in [1.165, 1.54) is 12.3 Å². The first-order valence-electron chi connectivity index (χ1n) is 9.19. The molecule has 2 aromatic carbocycles. The molecule has 29 heavy (non-hydrogen) atoms. The maximum absolute atomic E-state index is 12.5. The highest BCUT2D eigenvalue weighted by molar-refractivity contribution is 5.95. The second-order valence-electron chi connectivity index (χ2n) is 6.46. The summed E-state index contributed by atoms with van der Waals surface area (Å²) >= 11 is 0. The number of benzene rings is 2. The number of aryl methyl sites for hydroxylation is 1. The monoisotopic (exact) mass is 389 g/mol. The van der Waals surface area contributed by atoms with Crippen LogP contribution in [-0.2, 0) is 4.74 Å². The van der Waals surface area contributed by atoms with Gasteiger partial charge in [-0.3, -0.25) is 4.79 Å². The zero-order chi connectivity index (χ0) is 20.4. The van der Waals surface area contributed by atoms with Crippen molar-refractivity contribution in [1.82, 2.24) is 14.6 Å². The van der Waals surface area contributed by atoms with E-state index in [4.69, 9.17) is 9.47 Å². The quantitative estimate of drug-likeness (QED) is 0.522. The molecule has 1 N–H and O–H groups in total. The van der Waals surface area contributed by atoms with E-state index < -0.39 is 5.97 Å². The fourth-order valence-electron chi connectivity index (χ4n) is 3.04. The van der Waals surface area contributed by atoms with Gasteiger partial charge >= 0.3 is 5.97 Å². The van der Waals surface area contributed by atoms with Crippen molar-refractivity contribution in [3.8, 4) is 22.8 Å². The summed E-state index contributed by atoms with van der Waals surface area (Å²) in [7, 11) is 0. The topological polar surface area (TPSA) is 85.7 Å². The summed E-state index contributed by atoms with van der Waals surface area (Å²) in [6, 6.07) is 16.6. The van der Waals surface area contributed by atoms with Crippen LogP contribution >= 0.6 is 0 Å². The van der Waals surface area contributed by atoms with E-state index in [0.717, 1.165) is 27.1 Å². The standard InChI is InChI=1S/C22H19N3O4/c1-3-28-22(27)17-13-23-25-20(26)12-18(24-21(17)25)15-9-10-19(14(2)11-15)29-16-7-5-4-6-8-16/h4-13,24H,3H2,1-2H3. The molecule has 0 aliphatic rings. The van der Waals surface area contributed by atoms with Gasteiger partial charge in [0.15, 0.2) is 5.65 Å². The molecule has 0 spiro atoms. The number of hydrogen-bond donors (Lipinski definition) is 1. The third kappa shape index (κ3) is 3.62. The summed E-state index contributed by atoms with van der Waals surface area (Å²) in [5.74, 6) is 0.939. The van der Waals surface area contributed by atoms with Crippen LogP contribution < -0.4 is 10.3 Å². The average Bonchev–Trinajstić information content (AvgIpc) is 3.15. The highest BCUT2D eigenvalue weighted by Gasteiger charge is 2.17. The Bertz CT molecular complexity index is 1240. The molecule has 0 saturated carbocycles. The molecule has 0 saturated heterocycles. The third-order valence-corrected chi connectivity index (χ3v) is 4.45. The Kier molecular flexibility index (Phi) is 4.87. The highest BCUT2D eigenvalue weighted by atomic mass is 16.5. The molecular weight excluding hydrogens is 370 g/mol. The van der Waals surface area contributed by atoms with Crippen molar-refractivity contribution >= 4 is 11.6 Å². The molecule has 0 radical (unpaired) electrons. The molecule has 0 atom stereocenters. The molecule has 0 aliphatic heterocycles. The number of carbonyl (C=O) groups is 1. The lowest BCUT2D eigenvalue weighted by atomic mass is 10.1. The number of aromatic nitrogens is 3. The van der Waals surface area contributed by atoms with Crippen molar-refractivity contribution in [3.05, 3.63) is 82.3 Å². The molecule has 4 aromatic rings. The van der Waals surface area contributed by atoms with E-state index >= 15 is 0 Å². The first-order valence-corrected chi connectivity index (χ1v) is 9.19. The molecule has 7 heteroatoms. The second kappa shape index (κ2) is 7.63. The Morgan fingerprint density at radius 3 is 2.66 bits per heavy atom. The molecule has 0 fully saturated rings. The van der Waals surface area contributed by atoms with Crippen molar-refractivity contribution in [1.29, 1.82) is 0 Å². The van der Waals surface area contributed by atoms with Gasteiger partial charge in [0, 0.05) is 6.07 Å². The van der Waals surface area contributed by atoms with Crippen LogP contribution in [0.2, 0.25) is 0 Å². The summed E-state index contributed by atoms with van der Waals surface area (Å²) in [4.78, 5) is 27.7. The summed E-state index contributed by atoms with van der Waals surface area (Å²) in [5.41, 5.74) is 2.44. The molecule has 2 aromatic heterocycles. The molecule has 0 aliphatic carbocycles. The van der Waals surface area contributed by atoms with Gasteiger partial charge < -0.3 is 14.5 Å². The minimum Gasteiger partial charge on any atom is -0.462 e. The Hall–Kier alpha value is -3.87. The second-order valence-corrected chi connectivity index (χ2v) is 6.46. The van der Waals surface area contributed by atoms with Gasteiger partial charge in [0.05, 0.1) is 18.5 Å². The van der Waals surface area contributed by atoms with E-state index in [0.29, 0.717) is 11.3 Å². The Labute approximate surface area is 166 Å². The maximum atomic E-state index is 12.5. The lowest BCUT2D eigenvalue weighted by Crippen LogP contribution is -2.15. The van der Waals surface area contributed by atoms with Crippen LogP contribution in [0.5, 0.6) is 11.5 Å². The summed E-state index contributed by atoms with van der Waals surface area (Å²) in [5, 5.41) is 3.99. The van der Waals surface area contributed by atoms with Crippen LogP contribution in [0, 0.1) is 6.92 Å². The van der Waals surface area contributed by atoms with Crippen molar-refractivity contribution in [2.45, 2.75) is 13.8 Å². The van der Waals surface area contributed by atoms with Gasteiger partial charge in [-0.05, 0) is 55.3 Å². The van der Waals surface area contributed by atoms with Gasteiger partial charge in [0.2, 0.25) is 0 Å². The maximum Gasteiger partial charge on any atom is 0.343 e. The van der Waals surface area contributed by atoms with Gasteiger partial charge in [-0.2, -0.15) is 9.61 Å². The van der Waals surface area contributed by atoms with Gasteiger partial charge in [-0.1, -0.05) is 18.2 Å². The Morgan fingerprint density at radius 1 is 1.14 bits per heavy atom. The molecule has 2 heterocycles. The predicted octanol–water partition coefficient (Wildman–Crippen LogP) is 3.97.